The average Bonchev–Trinajstić information content (AvgIpc) is 3.16. The third-order valence-electron chi connectivity index (χ3n) is 3.66. The zero-order chi connectivity index (χ0) is 17.6. The van der Waals surface area contributed by atoms with Gasteiger partial charge in [0.15, 0.2) is 0 Å². The van der Waals surface area contributed by atoms with E-state index in [0.29, 0.717) is 34.9 Å². The van der Waals surface area contributed by atoms with Crippen molar-refractivity contribution < 1.29 is 9.90 Å². The molecule has 0 spiro atoms. The quantitative estimate of drug-likeness (QED) is 0.705. The van der Waals surface area contributed by atoms with Gasteiger partial charge in [0.05, 0.1) is 11.7 Å². The molecule has 0 fully saturated rings. The maximum atomic E-state index is 12.1. The van der Waals surface area contributed by atoms with Gasteiger partial charge in [-0.15, -0.1) is 10.2 Å². The fourth-order valence-electron chi connectivity index (χ4n) is 2.32. The molecule has 0 saturated carbocycles. The Kier molecular flexibility index (Phi) is 5.37. The standard InChI is InChI=1S/C17H16ClN5O2/c18-14-4-2-1-3-13(14)15(24)7-8-19-17(25)12-5-6-16(20-9-12)23-10-21-22-11-23/h1-6,9-11,15,24H,7-8H2,(H,19,25). The molecule has 8 heteroatoms. The van der Waals surface area contributed by atoms with Crippen molar-refractivity contribution in [1.29, 1.82) is 0 Å². The Bertz CT molecular complexity index is 837. The second kappa shape index (κ2) is 7.87. The normalized spacial score (nSPS) is 11.9. The highest BCUT2D eigenvalue weighted by Crippen LogP contribution is 2.24. The molecule has 128 valence electrons. The van der Waals surface area contributed by atoms with Crippen molar-refractivity contribution in [3.63, 3.8) is 0 Å². The summed E-state index contributed by atoms with van der Waals surface area (Å²) in [6, 6.07) is 10.5. The smallest absolute Gasteiger partial charge is 0.252 e. The number of hydrogen-bond acceptors (Lipinski definition) is 5. The van der Waals surface area contributed by atoms with Crippen LogP contribution in [0.15, 0.2) is 55.2 Å². The first kappa shape index (κ1) is 17.1. The Hall–Kier alpha value is -2.77. The highest BCUT2D eigenvalue weighted by Gasteiger charge is 2.12. The van der Waals surface area contributed by atoms with Crippen LogP contribution < -0.4 is 5.32 Å². The lowest BCUT2D eigenvalue weighted by molar-refractivity contribution is 0.0942. The van der Waals surface area contributed by atoms with Gasteiger partial charge in [-0.05, 0) is 30.2 Å². The van der Waals surface area contributed by atoms with Crippen LogP contribution in [0.1, 0.15) is 28.4 Å². The van der Waals surface area contributed by atoms with Gasteiger partial charge in [-0.2, -0.15) is 0 Å². The van der Waals surface area contributed by atoms with E-state index < -0.39 is 6.10 Å². The summed E-state index contributed by atoms with van der Waals surface area (Å²) in [5.41, 5.74) is 1.09. The number of aliphatic hydroxyl groups is 1. The van der Waals surface area contributed by atoms with Crippen LogP contribution in [-0.2, 0) is 0 Å². The highest BCUT2D eigenvalue weighted by molar-refractivity contribution is 6.31. The predicted octanol–water partition coefficient (Wildman–Crippen LogP) is 2.17. The maximum Gasteiger partial charge on any atom is 0.252 e. The van der Waals surface area contributed by atoms with Gasteiger partial charge in [0.25, 0.3) is 5.91 Å². The summed E-state index contributed by atoms with van der Waals surface area (Å²) in [5, 5.41) is 20.8. The highest BCUT2D eigenvalue weighted by atomic mass is 35.5. The number of hydrogen-bond donors (Lipinski definition) is 2. The Balaban J connectivity index is 1.53. The molecule has 0 radical (unpaired) electrons. The SMILES string of the molecule is O=C(NCCC(O)c1ccccc1Cl)c1ccc(-n2cnnc2)nc1. The minimum atomic E-state index is -0.733. The van der Waals surface area contributed by atoms with Crippen molar-refractivity contribution in [2.45, 2.75) is 12.5 Å². The van der Waals surface area contributed by atoms with E-state index in [9.17, 15) is 9.90 Å². The fraction of sp³-hybridized carbons (Fsp3) is 0.176. The largest absolute Gasteiger partial charge is 0.388 e. The summed E-state index contributed by atoms with van der Waals surface area (Å²) in [6.45, 7) is 0.318. The number of rotatable bonds is 6. The fourth-order valence-corrected chi connectivity index (χ4v) is 2.58. The molecule has 0 bridgehead atoms. The molecule has 1 atom stereocenters. The van der Waals surface area contributed by atoms with Crippen LogP contribution in [0.3, 0.4) is 0 Å². The van der Waals surface area contributed by atoms with E-state index in [-0.39, 0.29) is 5.91 Å². The molecule has 0 aliphatic rings. The molecule has 0 saturated heterocycles. The van der Waals surface area contributed by atoms with Crippen molar-refractivity contribution in [2.75, 3.05) is 6.54 Å². The summed E-state index contributed by atoms with van der Waals surface area (Å²) >= 11 is 6.05. The maximum absolute atomic E-state index is 12.1. The van der Waals surface area contributed by atoms with Crippen LogP contribution in [0.4, 0.5) is 0 Å². The average molecular weight is 358 g/mol. The molecule has 25 heavy (non-hydrogen) atoms. The molecule has 1 aromatic carbocycles. The Morgan fingerprint density at radius 1 is 1.20 bits per heavy atom. The van der Waals surface area contributed by atoms with Crippen LogP contribution in [0.25, 0.3) is 5.82 Å². The van der Waals surface area contributed by atoms with E-state index in [0.717, 1.165) is 0 Å². The number of aromatic nitrogens is 4. The Morgan fingerprint density at radius 2 is 1.96 bits per heavy atom. The van der Waals surface area contributed by atoms with Crippen LogP contribution in [0.5, 0.6) is 0 Å². The van der Waals surface area contributed by atoms with Gasteiger partial charge in [0.2, 0.25) is 0 Å². The van der Waals surface area contributed by atoms with Gasteiger partial charge in [0, 0.05) is 17.8 Å². The van der Waals surface area contributed by atoms with Crippen molar-refractivity contribution in [3.05, 3.63) is 71.4 Å². The first-order chi connectivity index (χ1) is 12.1. The van der Waals surface area contributed by atoms with E-state index >= 15 is 0 Å². The third-order valence-corrected chi connectivity index (χ3v) is 4.01. The van der Waals surface area contributed by atoms with Gasteiger partial charge >= 0.3 is 0 Å². The summed E-state index contributed by atoms with van der Waals surface area (Å²) < 4.78 is 1.64. The van der Waals surface area contributed by atoms with E-state index in [1.54, 1.807) is 34.9 Å². The molecular weight excluding hydrogens is 342 g/mol. The molecule has 2 N–H and O–H groups in total. The van der Waals surface area contributed by atoms with Crippen molar-refractivity contribution in [1.82, 2.24) is 25.1 Å². The monoisotopic (exact) mass is 357 g/mol. The van der Waals surface area contributed by atoms with Crippen LogP contribution in [0.2, 0.25) is 5.02 Å². The van der Waals surface area contributed by atoms with Crippen LogP contribution in [-0.4, -0.2) is 37.3 Å². The number of carbonyl (C=O) groups is 1. The number of aliphatic hydroxyl groups excluding tert-OH is 1. The lowest BCUT2D eigenvalue weighted by Gasteiger charge is -2.13. The number of pyridine rings is 1. The zero-order valence-corrected chi connectivity index (χ0v) is 14.0. The molecule has 1 amide bonds. The van der Waals surface area contributed by atoms with Crippen molar-refractivity contribution >= 4 is 17.5 Å². The molecule has 0 aliphatic carbocycles. The first-order valence-electron chi connectivity index (χ1n) is 7.67. The second-order valence-electron chi connectivity index (χ2n) is 5.36. The Labute approximate surface area is 149 Å². The summed E-state index contributed by atoms with van der Waals surface area (Å²) in [6.07, 6.45) is 4.16. The van der Waals surface area contributed by atoms with Gasteiger partial charge in [0.1, 0.15) is 18.5 Å². The van der Waals surface area contributed by atoms with Crippen LogP contribution in [0, 0.1) is 0 Å². The second-order valence-corrected chi connectivity index (χ2v) is 5.76. The van der Waals surface area contributed by atoms with E-state index in [1.165, 1.54) is 18.9 Å². The molecule has 7 nitrogen and oxygen atoms in total. The molecule has 1 unspecified atom stereocenters. The lowest BCUT2D eigenvalue weighted by Crippen LogP contribution is -2.25. The molecular formula is C17H16ClN5O2. The Morgan fingerprint density at radius 3 is 2.64 bits per heavy atom. The lowest BCUT2D eigenvalue weighted by atomic mass is 10.1. The number of benzene rings is 1. The van der Waals surface area contributed by atoms with Crippen LogP contribution >= 0.6 is 11.6 Å². The summed E-state index contributed by atoms with van der Waals surface area (Å²) in [7, 11) is 0. The van der Waals surface area contributed by atoms with E-state index in [1.807, 2.05) is 6.07 Å². The summed E-state index contributed by atoms with van der Waals surface area (Å²) in [4.78, 5) is 16.3. The summed E-state index contributed by atoms with van der Waals surface area (Å²) in [5.74, 6) is 0.366. The number of halogens is 1. The molecule has 2 heterocycles. The topological polar surface area (TPSA) is 92.9 Å². The first-order valence-corrected chi connectivity index (χ1v) is 8.04. The molecule has 2 aromatic heterocycles. The van der Waals surface area contributed by atoms with Gasteiger partial charge < -0.3 is 10.4 Å². The third kappa shape index (κ3) is 4.20. The number of nitrogens with one attached hydrogen (secondary N) is 1. The number of amides is 1. The number of carbonyl (C=O) groups excluding carboxylic acids is 1. The van der Waals surface area contributed by atoms with E-state index in [2.05, 4.69) is 20.5 Å². The molecule has 3 aromatic rings. The van der Waals surface area contributed by atoms with Crippen molar-refractivity contribution in [2.24, 2.45) is 0 Å². The van der Waals surface area contributed by atoms with Gasteiger partial charge in [-0.3, -0.25) is 9.36 Å². The minimum absolute atomic E-state index is 0.255. The molecule has 0 aliphatic heterocycles. The molecule has 3 rings (SSSR count). The number of nitrogens with zero attached hydrogens (tertiary/aromatic N) is 4. The van der Waals surface area contributed by atoms with Gasteiger partial charge in [-0.25, -0.2) is 4.98 Å². The van der Waals surface area contributed by atoms with E-state index in [4.69, 9.17) is 11.6 Å². The predicted molar refractivity (Wildman–Crippen MR) is 92.5 cm³/mol. The zero-order valence-electron chi connectivity index (χ0n) is 13.2. The van der Waals surface area contributed by atoms with Crippen molar-refractivity contribution in [3.8, 4) is 5.82 Å². The minimum Gasteiger partial charge on any atom is -0.388 e. The van der Waals surface area contributed by atoms with Gasteiger partial charge in [-0.1, -0.05) is 29.8 Å².